The van der Waals surface area contributed by atoms with E-state index in [1.807, 2.05) is 24.2 Å². The Kier molecular flexibility index (Phi) is 4.14. The lowest BCUT2D eigenvalue weighted by molar-refractivity contribution is -0.129. The summed E-state index contributed by atoms with van der Waals surface area (Å²) in [6.07, 6.45) is 2.31. The topological polar surface area (TPSA) is 54.3 Å². The molecule has 2 saturated heterocycles. The predicted molar refractivity (Wildman–Crippen MR) is 92.6 cm³/mol. The van der Waals surface area contributed by atoms with Crippen molar-refractivity contribution in [2.75, 3.05) is 26.2 Å². The molecule has 1 amide bonds. The SMILES string of the molecule is Cc1nc(CN2CC3CN(C(=O)Cc4ccn(C)n4)CC3C2)cs1. The molecule has 7 heteroatoms. The van der Waals surface area contributed by atoms with Gasteiger partial charge >= 0.3 is 0 Å². The van der Waals surface area contributed by atoms with Crippen molar-refractivity contribution in [1.29, 1.82) is 0 Å². The van der Waals surface area contributed by atoms with Crippen LogP contribution in [0.25, 0.3) is 0 Å². The number of aryl methyl sites for hydroxylation is 2. The highest BCUT2D eigenvalue weighted by Gasteiger charge is 2.41. The summed E-state index contributed by atoms with van der Waals surface area (Å²) in [6.45, 7) is 6.94. The van der Waals surface area contributed by atoms with Gasteiger partial charge in [-0.3, -0.25) is 14.4 Å². The first-order valence-corrected chi connectivity index (χ1v) is 9.34. The van der Waals surface area contributed by atoms with Gasteiger partial charge in [0.25, 0.3) is 0 Å². The number of hydrogen-bond acceptors (Lipinski definition) is 5. The van der Waals surface area contributed by atoms with Crippen molar-refractivity contribution < 1.29 is 4.79 Å². The third-order valence-corrected chi connectivity index (χ3v) is 5.89. The third kappa shape index (κ3) is 3.23. The fourth-order valence-electron chi connectivity index (χ4n) is 3.96. The number of rotatable bonds is 4. The van der Waals surface area contributed by atoms with Gasteiger partial charge in [0.2, 0.25) is 5.91 Å². The van der Waals surface area contributed by atoms with E-state index in [2.05, 4.69) is 27.3 Å². The molecular weight excluding hydrogens is 322 g/mol. The standard InChI is InChI=1S/C17H23N5OS/c1-12-18-16(11-24-12)10-21-6-13-8-22(9-14(13)7-21)17(23)5-15-3-4-20(2)19-15/h3-4,11,13-14H,5-10H2,1-2H3. The van der Waals surface area contributed by atoms with Gasteiger partial charge in [-0.25, -0.2) is 4.98 Å². The first-order chi connectivity index (χ1) is 11.6. The van der Waals surface area contributed by atoms with E-state index in [0.717, 1.165) is 43.4 Å². The van der Waals surface area contributed by atoms with Crippen molar-refractivity contribution in [3.63, 3.8) is 0 Å². The Morgan fingerprint density at radius 2 is 2.00 bits per heavy atom. The van der Waals surface area contributed by atoms with E-state index in [1.165, 1.54) is 5.69 Å². The number of hydrogen-bond donors (Lipinski definition) is 0. The molecule has 0 aromatic carbocycles. The molecule has 0 aliphatic carbocycles. The molecule has 4 rings (SSSR count). The van der Waals surface area contributed by atoms with Crippen LogP contribution in [0.15, 0.2) is 17.6 Å². The molecule has 0 saturated carbocycles. The molecule has 128 valence electrons. The van der Waals surface area contributed by atoms with E-state index in [-0.39, 0.29) is 5.91 Å². The monoisotopic (exact) mass is 345 g/mol. The Hall–Kier alpha value is -1.73. The molecule has 0 spiro atoms. The Labute approximate surface area is 146 Å². The lowest BCUT2D eigenvalue weighted by Gasteiger charge is -2.21. The highest BCUT2D eigenvalue weighted by molar-refractivity contribution is 7.09. The number of likely N-dealkylation sites (tertiary alicyclic amines) is 2. The van der Waals surface area contributed by atoms with Crippen LogP contribution in [0.1, 0.15) is 16.4 Å². The molecule has 2 aliphatic heterocycles. The molecule has 2 fully saturated rings. The van der Waals surface area contributed by atoms with E-state index >= 15 is 0 Å². The van der Waals surface area contributed by atoms with Gasteiger partial charge in [-0.2, -0.15) is 5.10 Å². The van der Waals surface area contributed by atoms with Crippen LogP contribution in [0.3, 0.4) is 0 Å². The smallest absolute Gasteiger partial charge is 0.228 e. The van der Waals surface area contributed by atoms with Crippen molar-refractivity contribution in [2.24, 2.45) is 18.9 Å². The van der Waals surface area contributed by atoms with E-state index in [9.17, 15) is 4.79 Å². The number of thiazole rings is 1. The van der Waals surface area contributed by atoms with Gasteiger partial charge in [-0.15, -0.1) is 11.3 Å². The second kappa shape index (κ2) is 6.29. The summed E-state index contributed by atoms with van der Waals surface area (Å²) in [6, 6.07) is 1.92. The molecule has 24 heavy (non-hydrogen) atoms. The van der Waals surface area contributed by atoms with Gasteiger partial charge in [0.1, 0.15) is 0 Å². The number of nitrogens with zero attached hydrogens (tertiary/aromatic N) is 5. The summed E-state index contributed by atoms with van der Waals surface area (Å²) in [5, 5.41) is 7.60. The van der Waals surface area contributed by atoms with Gasteiger partial charge in [-0.05, 0) is 24.8 Å². The normalized spacial score (nSPS) is 23.8. The number of fused-ring (bicyclic) bond motifs is 1. The lowest BCUT2D eigenvalue weighted by Crippen LogP contribution is -2.34. The molecular formula is C17H23N5OS. The van der Waals surface area contributed by atoms with Crippen molar-refractivity contribution in [3.8, 4) is 0 Å². The van der Waals surface area contributed by atoms with Crippen molar-refractivity contribution in [1.82, 2.24) is 24.6 Å². The summed E-state index contributed by atoms with van der Waals surface area (Å²) >= 11 is 1.72. The Bertz CT molecular complexity index is 725. The summed E-state index contributed by atoms with van der Waals surface area (Å²) in [7, 11) is 1.88. The number of carbonyl (C=O) groups excluding carboxylic acids is 1. The minimum atomic E-state index is 0.213. The Morgan fingerprint density at radius 3 is 2.58 bits per heavy atom. The summed E-state index contributed by atoms with van der Waals surface area (Å²) in [5.41, 5.74) is 2.04. The van der Waals surface area contributed by atoms with E-state index in [0.29, 0.717) is 18.3 Å². The van der Waals surface area contributed by atoms with Crippen molar-refractivity contribution in [3.05, 3.63) is 34.0 Å². The average Bonchev–Trinajstić information content (AvgIpc) is 3.25. The maximum Gasteiger partial charge on any atom is 0.228 e. The molecule has 4 heterocycles. The van der Waals surface area contributed by atoms with Gasteiger partial charge in [0.05, 0.1) is 22.8 Å². The highest BCUT2D eigenvalue weighted by Crippen LogP contribution is 2.32. The molecule has 2 atom stereocenters. The number of carbonyl (C=O) groups is 1. The molecule has 2 aliphatic rings. The minimum Gasteiger partial charge on any atom is -0.342 e. The quantitative estimate of drug-likeness (QED) is 0.839. The maximum absolute atomic E-state index is 12.5. The summed E-state index contributed by atoms with van der Waals surface area (Å²) < 4.78 is 1.75. The van der Waals surface area contributed by atoms with Gasteiger partial charge in [-0.1, -0.05) is 0 Å². The Morgan fingerprint density at radius 1 is 1.25 bits per heavy atom. The predicted octanol–water partition coefficient (Wildman–Crippen LogP) is 1.32. The summed E-state index contributed by atoms with van der Waals surface area (Å²) in [4.78, 5) is 21.6. The van der Waals surface area contributed by atoms with Crippen LogP contribution in [0.5, 0.6) is 0 Å². The van der Waals surface area contributed by atoms with E-state index < -0.39 is 0 Å². The van der Waals surface area contributed by atoms with Gasteiger partial charge in [0.15, 0.2) is 0 Å². The Balaban J connectivity index is 1.30. The van der Waals surface area contributed by atoms with Crippen LogP contribution < -0.4 is 0 Å². The van der Waals surface area contributed by atoms with Crippen molar-refractivity contribution in [2.45, 2.75) is 19.9 Å². The average molecular weight is 345 g/mol. The van der Waals surface area contributed by atoms with Crippen LogP contribution >= 0.6 is 11.3 Å². The van der Waals surface area contributed by atoms with Gasteiger partial charge < -0.3 is 4.90 Å². The largest absolute Gasteiger partial charge is 0.342 e. The zero-order valence-electron chi connectivity index (χ0n) is 14.2. The van der Waals surface area contributed by atoms with Crippen LogP contribution in [-0.2, 0) is 24.8 Å². The van der Waals surface area contributed by atoms with Gasteiger partial charge in [0, 0.05) is 51.3 Å². The van der Waals surface area contributed by atoms with Crippen LogP contribution in [-0.4, -0.2) is 56.7 Å². The second-order valence-electron chi connectivity index (χ2n) is 7.03. The zero-order valence-corrected chi connectivity index (χ0v) is 15.0. The molecule has 0 N–H and O–H groups in total. The first kappa shape index (κ1) is 15.8. The maximum atomic E-state index is 12.5. The second-order valence-corrected chi connectivity index (χ2v) is 8.09. The van der Waals surface area contributed by atoms with Crippen LogP contribution in [0.2, 0.25) is 0 Å². The van der Waals surface area contributed by atoms with Crippen LogP contribution in [0.4, 0.5) is 0 Å². The molecule has 6 nitrogen and oxygen atoms in total. The summed E-state index contributed by atoms with van der Waals surface area (Å²) in [5.74, 6) is 1.43. The lowest BCUT2D eigenvalue weighted by atomic mass is 10.0. The van der Waals surface area contributed by atoms with Crippen molar-refractivity contribution >= 4 is 17.2 Å². The molecule has 2 aromatic rings. The molecule has 2 aromatic heterocycles. The van der Waals surface area contributed by atoms with Crippen LogP contribution in [0, 0.1) is 18.8 Å². The third-order valence-electron chi connectivity index (χ3n) is 5.07. The number of amides is 1. The fraction of sp³-hybridized carbons (Fsp3) is 0.588. The number of aromatic nitrogens is 3. The molecule has 2 unspecified atom stereocenters. The van der Waals surface area contributed by atoms with E-state index in [1.54, 1.807) is 16.0 Å². The zero-order chi connectivity index (χ0) is 16.7. The first-order valence-electron chi connectivity index (χ1n) is 8.46. The highest BCUT2D eigenvalue weighted by atomic mass is 32.1. The molecule has 0 bridgehead atoms. The molecule has 0 radical (unpaired) electrons. The fourth-order valence-corrected chi connectivity index (χ4v) is 4.56. The van der Waals surface area contributed by atoms with E-state index in [4.69, 9.17) is 0 Å². The minimum absolute atomic E-state index is 0.213.